The molecule has 1 aliphatic rings. The Kier molecular flexibility index (Phi) is 5.71. The summed E-state index contributed by atoms with van der Waals surface area (Å²) in [4.78, 5) is 37.6. The normalized spacial score (nSPS) is 15.1. The molecule has 9 heteroatoms. The van der Waals surface area contributed by atoms with Crippen molar-refractivity contribution in [3.63, 3.8) is 0 Å². The minimum absolute atomic E-state index is 0.00166. The third-order valence-corrected chi connectivity index (χ3v) is 4.84. The Bertz CT molecular complexity index is 982. The number of phenols is 1. The summed E-state index contributed by atoms with van der Waals surface area (Å²) < 4.78 is 0.345. The molecule has 3 rings (SSSR count). The molecule has 7 nitrogen and oxygen atoms in total. The Morgan fingerprint density at radius 1 is 1.29 bits per heavy atom. The lowest BCUT2D eigenvalue weighted by atomic mass is 10.2. The lowest BCUT2D eigenvalue weighted by Gasteiger charge is -2.12. The van der Waals surface area contributed by atoms with Gasteiger partial charge in [-0.05, 0) is 58.8 Å². The van der Waals surface area contributed by atoms with Crippen LogP contribution in [0.3, 0.4) is 0 Å². The van der Waals surface area contributed by atoms with E-state index in [2.05, 4.69) is 26.6 Å². The van der Waals surface area contributed by atoms with Crippen LogP contribution in [0.25, 0.3) is 6.08 Å². The second kappa shape index (κ2) is 8.04. The number of carbonyl (C=O) groups is 3. The summed E-state index contributed by atoms with van der Waals surface area (Å²) in [5.74, 6) is -1.26. The summed E-state index contributed by atoms with van der Waals surface area (Å²) in [6.07, 6.45) is 1.41. The van der Waals surface area contributed by atoms with Gasteiger partial charge >= 0.3 is 6.03 Å². The van der Waals surface area contributed by atoms with E-state index in [9.17, 15) is 19.5 Å². The maximum atomic E-state index is 12.5. The number of urea groups is 1. The maximum absolute atomic E-state index is 12.5. The number of amides is 4. The van der Waals surface area contributed by atoms with Gasteiger partial charge in [0.25, 0.3) is 5.91 Å². The van der Waals surface area contributed by atoms with Crippen LogP contribution in [0, 0.1) is 6.92 Å². The Morgan fingerprint density at radius 3 is 2.61 bits per heavy atom. The number of aromatic hydroxyl groups is 1. The zero-order chi connectivity index (χ0) is 20.4. The Labute approximate surface area is 174 Å². The van der Waals surface area contributed by atoms with Crippen molar-refractivity contribution >= 4 is 57.1 Å². The number of nitrogens with zero attached hydrogens (tertiary/aromatic N) is 1. The molecular weight excluding hydrogens is 450 g/mol. The number of hydrogen-bond acceptors (Lipinski definition) is 4. The molecule has 1 aliphatic heterocycles. The van der Waals surface area contributed by atoms with E-state index in [1.807, 2.05) is 19.1 Å². The smallest absolute Gasteiger partial charge is 0.329 e. The van der Waals surface area contributed by atoms with Gasteiger partial charge in [0.1, 0.15) is 18.0 Å². The van der Waals surface area contributed by atoms with E-state index in [-0.39, 0.29) is 16.5 Å². The van der Waals surface area contributed by atoms with Crippen LogP contribution in [0.15, 0.2) is 46.6 Å². The fourth-order valence-corrected chi connectivity index (χ4v) is 3.35. The second-order valence-electron chi connectivity index (χ2n) is 6.13. The summed E-state index contributed by atoms with van der Waals surface area (Å²) in [6.45, 7) is 1.50. The highest BCUT2D eigenvalue weighted by atomic mass is 79.9. The lowest BCUT2D eigenvalue weighted by molar-refractivity contribution is -0.127. The SMILES string of the molecule is Cc1ccc(NC(=O)CN2C(=O)NC(=Cc3cc(Cl)c(O)c(Br)c3)C2=O)cc1. The summed E-state index contributed by atoms with van der Waals surface area (Å²) in [7, 11) is 0. The lowest BCUT2D eigenvalue weighted by Crippen LogP contribution is -2.38. The molecule has 1 fully saturated rings. The minimum atomic E-state index is -0.695. The van der Waals surface area contributed by atoms with Gasteiger partial charge in [0.2, 0.25) is 5.91 Å². The van der Waals surface area contributed by atoms with E-state index in [0.717, 1.165) is 10.5 Å². The number of anilines is 1. The molecule has 28 heavy (non-hydrogen) atoms. The summed E-state index contributed by atoms with van der Waals surface area (Å²) in [6, 6.07) is 9.43. The van der Waals surface area contributed by atoms with E-state index < -0.39 is 24.4 Å². The third kappa shape index (κ3) is 4.35. The number of hydrogen-bond donors (Lipinski definition) is 3. The van der Waals surface area contributed by atoms with Crippen LogP contribution in [0.1, 0.15) is 11.1 Å². The predicted octanol–water partition coefficient (Wildman–Crippen LogP) is 3.65. The zero-order valence-corrected chi connectivity index (χ0v) is 17.0. The van der Waals surface area contributed by atoms with Gasteiger partial charge in [0.15, 0.2) is 0 Å². The van der Waals surface area contributed by atoms with Crippen molar-refractivity contribution < 1.29 is 19.5 Å². The molecule has 1 heterocycles. The number of halogens is 2. The molecule has 3 N–H and O–H groups in total. The molecular formula is C19H15BrClN3O4. The van der Waals surface area contributed by atoms with E-state index in [1.54, 1.807) is 18.2 Å². The average molecular weight is 465 g/mol. The van der Waals surface area contributed by atoms with E-state index >= 15 is 0 Å². The van der Waals surface area contributed by atoms with Crippen molar-refractivity contribution in [2.24, 2.45) is 0 Å². The summed E-state index contributed by atoms with van der Waals surface area (Å²) in [5.41, 5.74) is 2.11. The monoisotopic (exact) mass is 463 g/mol. The molecule has 0 radical (unpaired) electrons. The van der Waals surface area contributed by atoms with E-state index in [0.29, 0.717) is 15.7 Å². The second-order valence-corrected chi connectivity index (χ2v) is 7.39. The van der Waals surface area contributed by atoms with Gasteiger partial charge in [-0.25, -0.2) is 9.69 Å². The molecule has 0 bridgehead atoms. The fourth-order valence-electron chi connectivity index (χ4n) is 2.53. The van der Waals surface area contributed by atoms with Gasteiger partial charge in [-0.3, -0.25) is 9.59 Å². The van der Waals surface area contributed by atoms with Crippen LogP contribution in [0.2, 0.25) is 5.02 Å². The number of carbonyl (C=O) groups excluding carboxylic acids is 3. The molecule has 0 aromatic heterocycles. The first-order chi connectivity index (χ1) is 13.2. The highest BCUT2D eigenvalue weighted by Gasteiger charge is 2.35. The van der Waals surface area contributed by atoms with Crippen molar-refractivity contribution in [3.8, 4) is 5.75 Å². The third-order valence-electron chi connectivity index (χ3n) is 3.95. The molecule has 2 aromatic rings. The number of nitrogens with one attached hydrogen (secondary N) is 2. The highest BCUT2D eigenvalue weighted by Crippen LogP contribution is 2.33. The average Bonchev–Trinajstić information content (AvgIpc) is 2.89. The van der Waals surface area contributed by atoms with E-state index in [4.69, 9.17) is 11.6 Å². The summed E-state index contributed by atoms with van der Waals surface area (Å²) in [5, 5.41) is 14.8. The van der Waals surface area contributed by atoms with E-state index in [1.165, 1.54) is 12.1 Å². The molecule has 0 saturated carbocycles. The van der Waals surface area contributed by atoms with Crippen LogP contribution in [-0.2, 0) is 9.59 Å². The maximum Gasteiger partial charge on any atom is 0.329 e. The van der Waals surface area contributed by atoms with Crippen molar-refractivity contribution in [1.29, 1.82) is 0 Å². The molecule has 0 unspecified atom stereocenters. The molecule has 1 saturated heterocycles. The number of aryl methyl sites for hydroxylation is 1. The highest BCUT2D eigenvalue weighted by molar-refractivity contribution is 9.10. The fraction of sp³-hybridized carbons (Fsp3) is 0.105. The quantitative estimate of drug-likeness (QED) is 0.475. The predicted molar refractivity (Wildman–Crippen MR) is 109 cm³/mol. The number of imide groups is 1. The molecule has 0 atom stereocenters. The first kappa shape index (κ1) is 19.9. The molecule has 2 aromatic carbocycles. The van der Waals surface area contributed by atoms with Crippen LogP contribution in [0.5, 0.6) is 5.75 Å². The van der Waals surface area contributed by atoms with Crippen molar-refractivity contribution in [2.75, 3.05) is 11.9 Å². The Balaban J connectivity index is 1.72. The van der Waals surface area contributed by atoms with Crippen molar-refractivity contribution in [1.82, 2.24) is 10.2 Å². The number of rotatable bonds is 4. The van der Waals surface area contributed by atoms with Crippen molar-refractivity contribution in [3.05, 3.63) is 62.7 Å². The molecule has 144 valence electrons. The van der Waals surface area contributed by atoms with Gasteiger partial charge < -0.3 is 15.7 Å². The first-order valence-corrected chi connectivity index (χ1v) is 9.31. The topological polar surface area (TPSA) is 98.7 Å². The van der Waals surface area contributed by atoms with Crippen LogP contribution in [0.4, 0.5) is 10.5 Å². The Morgan fingerprint density at radius 2 is 1.96 bits per heavy atom. The van der Waals surface area contributed by atoms with Gasteiger partial charge in [-0.15, -0.1) is 0 Å². The number of phenolic OH excluding ortho intramolecular Hbond substituents is 1. The van der Waals surface area contributed by atoms with Crippen LogP contribution in [-0.4, -0.2) is 34.4 Å². The molecule has 0 spiro atoms. The zero-order valence-electron chi connectivity index (χ0n) is 14.6. The van der Waals surface area contributed by atoms with Gasteiger partial charge in [0, 0.05) is 5.69 Å². The molecule has 4 amide bonds. The van der Waals surface area contributed by atoms with Crippen molar-refractivity contribution in [2.45, 2.75) is 6.92 Å². The summed E-state index contributed by atoms with van der Waals surface area (Å²) >= 11 is 9.06. The largest absolute Gasteiger partial charge is 0.505 e. The minimum Gasteiger partial charge on any atom is -0.505 e. The van der Waals surface area contributed by atoms with Crippen LogP contribution < -0.4 is 10.6 Å². The van der Waals surface area contributed by atoms with Crippen LogP contribution >= 0.6 is 27.5 Å². The standard InChI is InChI=1S/C19H15BrClN3O4/c1-10-2-4-12(5-3-10)22-16(25)9-24-18(27)15(23-19(24)28)8-11-6-13(20)17(26)14(21)7-11/h2-8,26H,9H2,1H3,(H,22,25)(H,23,28). The van der Waals surface area contributed by atoms with Gasteiger partial charge in [-0.1, -0.05) is 29.3 Å². The number of benzene rings is 2. The van der Waals surface area contributed by atoms with Gasteiger partial charge in [0.05, 0.1) is 9.50 Å². The van der Waals surface area contributed by atoms with Gasteiger partial charge in [-0.2, -0.15) is 0 Å². The Hall–Kier alpha value is -2.84. The first-order valence-electron chi connectivity index (χ1n) is 8.13. The molecule has 0 aliphatic carbocycles.